The molecule has 0 unspecified atom stereocenters. The second kappa shape index (κ2) is 13.9. The first-order valence-electron chi connectivity index (χ1n) is 12.3. The molecule has 0 saturated carbocycles. The van der Waals surface area contributed by atoms with Gasteiger partial charge in [0.05, 0.1) is 22.0 Å². The van der Waals surface area contributed by atoms with E-state index in [0.29, 0.717) is 10.6 Å². The number of rotatable bonds is 11. The largest absolute Gasteiger partial charge is 0.352 e. The van der Waals surface area contributed by atoms with Gasteiger partial charge in [0, 0.05) is 29.1 Å². The number of amides is 2. The minimum Gasteiger partial charge on any atom is -0.352 e. The quantitative estimate of drug-likeness (QED) is 0.268. The number of hydrogen-bond donors (Lipinski definition) is 1. The lowest BCUT2D eigenvalue weighted by Crippen LogP contribution is -2.54. The van der Waals surface area contributed by atoms with E-state index in [4.69, 9.17) is 46.4 Å². The SMILES string of the molecule is CC(C)NC(=O)[C@H](Cc1ccccc1)N(Cc1ccc(Cl)c(Cl)c1)C(=O)CN(c1cc(Cl)cc(Cl)c1)S(C)(=O)=O. The van der Waals surface area contributed by atoms with Gasteiger partial charge >= 0.3 is 0 Å². The number of hydrogen-bond acceptors (Lipinski definition) is 4. The second-order valence-corrected chi connectivity index (χ2v) is 13.1. The fourth-order valence-corrected chi connectivity index (χ4v) is 5.73. The van der Waals surface area contributed by atoms with Crippen LogP contribution in [0.4, 0.5) is 5.69 Å². The molecule has 1 atom stereocenters. The molecule has 7 nitrogen and oxygen atoms in total. The maximum Gasteiger partial charge on any atom is 0.244 e. The molecule has 40 heavy (non-hydrogen) atoms. The lowest BCUT2D eigenvalue weighted by atomic mass is 10.0. The molecule has 0 spiro atoms. The van der Waals surface area contributed by atoms with E-state index in [1.807, 2.05) is 44.2 Å². The van der Waals surface area contributed by atoms with Gasteiger partial charge in [0.1, 0.15) is 12.6 Å². The Morgan fingerprint density at radius 2 is 1.48 bits per heavy atom. The van der Waals surface area contributed by atoms with Crippen molar-refractivity contribution in [2.45, 2.75) is 38.9 Å². The van der Waals surface area contributed by atoms with Crippen LogP contribution in [0, 0.1) is 0 Å². The summed E-state index contributed by atoms with van der Waals surface area (Å²) in [6.07, 6.45) is 1.17. The third-order valence-electron chi connectivity index (χ3n) is 5.85. The van der Waals surface area contributed by atoms with Crippen LogP contribution < -0.4 is 9.62 Å². The van der Waals surface area contributed by atoms with Crippen molar-refractivity contribution in [1.82, 2.24) is 10.2 Å². The summed E-state index contributed by atoms with van der Waals surface area (Å²) in [5, 5.41) is 3.91. The molecule has 0 saturated heterocycles. The number of carbonyl (C=O) groups is 2. The normalized spacial score (nSPS) is 12.2. The molecule has 0 radical (unpaired) electrons. The Bertz CT molecular complexity index is 1450. The summed E-state index contributed by atoms with van der Waals surface area (Å²) in [5.41, 5.74) is 1.55. The van der Waals surface area contributed by atoms with Crippen LogP contribution in [0.25, 0.3) is 0 Å². The fourth-order valence-electron chi connectivity index (χ4n) is 4.07. The van der Waals surface area contributed by atoms with Crippen molar-refractivity contribution in [3.63, 3.8) is 0 Å². The van der Waals surface area contributed by atoms with Gasteiger partial charge in [-0.1, -0.05) is 82.8 Å². The van der Waals surface area contributed by atoms with Crippen molar-refractivity contribution in [3.05, 3.63) is 97.9 Å². The average molecular weight is 645 g/mol. The van der Waals surface area contributed by atoms with Gasteiger partial charge in [0.15, 0.2) is 0 Å². The zero-order valence-corrected chi connectivity index (χ0v) is 25.9. The predicted molar refractivity (Wildman–Crippen MR) is 163 cm³/mol. The molecule has 0 bridgehead atoms. The van der Waals surface area contributed by atoms with Crippen molar-refractivity contribution in [2.24, 2.45) is 0 Å². The second-order valence-electron chi connectivity index (χ2n) is 9.54. The van der Waals surface area contributed by atoms with Crippen molar-refractivity contribution in [2.75, 3.05) is 17.1 Å². The molecule has 0 aliphatic rings. The van der Waals surface area contributed by atoms with Crippen molar-refractivity contribution < 1.29 is 18.0 Å². The summed E-state index contributed by atoms with van der Waals surface area (Å²) in [6, 6.07) is 17.2. The summed E-state index contributed by atoms with van der Waals surface area (Å²) in [6.45, 7) is 3.00. The van der Waals surface area contributed by atoms with E-state index in [0.717, 1.165) is 16.1 Å². The van der Waals surface area contributed by atoms with Gasteiger partial charge < -0.3 is 10.2 Å². The highest BCUT2D eigenvalue weighted by molar-refractivity contribution is 7.92. The Morgan fingerprint density at radius 3 is 2.02 bits per heavy atom. The van der Waals surface area contributed by atoms with Crippen LogP contribution in [0.15, 0.2) is 66.7 Å². The molecule has 3 aromatic carbocycles. The summed E-state index contributed by atoms with van der Waals surface area (Å²) < 4.78 is 26.6. The van der Waals surface area contributed by atoms with Crippen LogP contribution in [0.2, 0.25) is 20.1 Å². The summed E-state index contributed by atoms with van der Waals surface area (Å²) >= 11 is 24.6. The summed E-state index contributed by atoms with van der Waals surface area (Å²) in [7, 11) is -3.96. The molecule has 1 N–H and O–H groups in total. The van der Waals surface area contributed by atoms with Crippen LogP contribution in [0.5, 0.6) is 0 Å². The molecule has 3 rings (SSSR count). The third-order valence-corrected chi connectivity index (χ3v) is 8.17. The Balaban J connectivity index is 2.09. The third kappa shape index (κ3) is 9.01. The molecule has 3 aromatic rings. The molecule has 0 aliphatic carbocycles. The molecule has 0 aliphatic heterocycles. The van der Waals surface area contributed by atoms with Crippen LogP contribution in [-0.2, 0) is 32.6 Å². The molecule has 12 heteroatoms. The van der Waals surface area contributed by atoms with E-state index in [1.54, 1.807) is 18.2 Å². The van der Waals surface area contributed by atoms with E-state index in [1.165, 1.54) is 23.1 Å². The van der Waals surface area contributed by atoms with Crippen molar-refractivity contribution >= 4 is 73.9 Å². The van der Waals surface area contributed by atoms with Gasteiger partial charge in [-0.15, -0.1) is 0 Å². The molecule has 0 aromatic heterocycles. The number of sulfonamides is 1. The molecule has 2 amide bonds. The van der Waals surface area contributed by atoms with Crippen LogP contribution in [0.3, 0.4) is 0 Å². The van der Waals surface area contributed by atoms with Gasteiger partial charge in [0.2, 0.25) is 21.8 Å². The van der Waals surface area contributed by atoms with Crippen LogP contribution in [-0.4, -0.2) is 50.0 Å². The van der Waals surface area contributed by atoms with Crippen molar-refractivity contribution in [3.8, 4) is 0 Å². The zero-order valence-electron chi connectivity index (χ0n) is 22.1. The lowest BCUT2D eigenvalue weighted by molar-refractivity contribution is -0.140. The summed E-state index contributed by atoms with van der Waals surface area (Å²) in [4.78, 5) is 28.9. The minimum atomic E-state index is -3.96. The van der Waals surface area contributed by atoms with E-state index < -0.39 is 28.5 Å². The van der Waals surface area contributed by atoms with E-state index in [-0.39, 0.29) is 45.7 Å². The van der Waals surface area contributed by atoms with Crippen LogP contribution >= 0.6 is 46.4 Å². The first-order valence-corrected chi connectivity index (χ1v) is 15.6. The molecule has 0 heterocycles. The highest BCUT2D eigenvalue weighted by Crippen LogP contribution is 2.28. The highest BCUT2D eigenvalue weighted by atomic mass is 35.5. The Morgan fingerprint density at radius 1 is 0.850 bits per heavy atom. The average Bonchev–Trinajstić information content (AvgIpc) is 2.85. The fraction of sp³-hybridized carbons (Fsp3) is 0.286. The number of benzene rings is 3. The smallest absolute Gasteiger partial charge is 0.244 e. The van der Waals surface area contributed by atoms with Gasteiger partial charge in [-0.25, -0.2) is 8.42 Å². The number of nitrogens with one attached hydrogen (secondary N) is 1. The Labute approximate surface area is 255 Å². The Kier molecular flexibility index (Phi) is 11.1. The summed E-state index contributed by atoms with van der Waals surface area (Å²) in [5.74, 6) is -1.00. The zero-order chi connectivity index (χ0) is 29.6. The lowest BCUT2D eigenvalue weighted by Gasteiger charge is -2.34. The first-order chi connectivity index (χ1) is 18.7. The maximum atomic E-state index is 14.0. The maximum absolute atomic E-state index is 14.0. The highest BCUT2D eigenvalue weighted by Gasteiger charge is 2.33. The van der Waals surface area contributed by atoms with Gasteiger partial charge in [-0.2, -0.15) is 0 Å². The van der Waals surface area contributed by atoms with Gasteiger partial charge in [0.25, 0.3) is 0 Å². The first kappa shape index (κ1) is 32.0. The molecular weight excluding hydrogens is 616 g/mol. The Hall–Kier alpha value is -2.49. The monoisotopic (exact) mass is 643 g/mol. The van der Waals surface area contributed by atoms with E-state index in [2.05, 4.69) is 5.32 Å². The van der Waals surface area contributed by atoms with E-state index >= 15 is 0 Å². The molecular formula is C28H29Cl4N3O4S. The minimum absolute atomic E-state index is 0.0351. The van der Waals surface area contributed by atoms with Crippen LogP contribution in [0.1, 0.15) is 25.0 Å². The molecule has 214 valence electrons. The predicted octanol–water partition coefficient (Wildman–Crippen LogP) is 6.23. The van der Waals surface area contributed by atoms with Crippen molar-refractivity contribution in [1.29, 1.82) is 0 Å². The van der Waals surface area contributed by atoms with Gasteiger partial charge in [-0.05, 0) is 55.3 Å². The number of anilines is 1. The standard InChI is InChI=1S/C28H29Cl4N3O4S/c1-18(2)33-28(37)26(12-19-7-5-4-6-8-19)34(16-20-9-10-24(31)25(32)11-20)27(36)17-35(40(3,38)39)23-14-21(29)13-22(30)15-23/h4-11,13-15,18,26H,12,16-17H2,1-3H3,(H,33,37)/t26-/m0/s1. The topological polar surface area (TPSA) is 86.8 Å². The number of halogens is 4. The number of carbonyl (C=O) groups excluding carboxylic acids is 2. The van der Waals surface area contributed by atoms with E-state index in [9.17, 15) is 18.0 Å². The number of nitrogens with zero attached hydrogens (tertiary/aromatic N) is 2. The van der Waals surface area contributed by atoms with Gasteiger partial charge in [-0.3, -0.25) is 13.9 Å². The molecule has 0 fully saturated rings.